The Balaban J connectivity index is 1.95. The Bertz CT molecular complexity index is 961. The molecule has 1 atom stereocenters. The van der Waals surface area contributed by atoms with Crippen molar-refractivity contribution in [3.05, 3.63) is 71.3 Å². The van der Waals surface area contributed by atoms with Gasteiger partial charge < -0.3 is 10.6 Å². The molecule has 1 unspecified atom stereocenters. The minimum atomic E-state index is -5.13. The summed E-state index contributed by atoms with van der Waals surface area (Å²) in [6, 6.07) is 14.1. The third-order valence-corrected chi connectivity index (χ3v) is 4.61. The number of aliphatic imine (C=N–C) groups is 1. The first-order valence-electron chi connectivity index (χ1n) is 8.90. The van der Waals surface area contributed by atoms with Crippen LogP contribution in [0.15, 0.2) is 59.6 Å². The van der Waals surface area contributed by atoms with E-state index in [1.165, 1.54) is 24.3 Å². The van der Waals surface area contributed by atoms with E-state index in [1.807, 2.05) is 20.8 Å². The van der Waals surface area contributed by atoms with Crippen molar-refractivity contribution >= 4 is 17.6 Å². The van der Waals surface area contributed by atoms with Gasteiger partial charge in [0.05, 0.1) is 0 Å². The van der Waals surface area contributed by atoms with E-state index in [4.69, 9.17) is 0 Å². The molecule has 0 radical (unpaired) electrons. The number of halogens is 3. The summed E-state index contributed by atoms with van der Waals surface area (Å²) < 4.78 is 41.6. The summed E-state index contributed by atoms with van der Waals surface area (Å²) in [5.74, 6) is -2.75. The first-order valence-corrected chi connectivity index (χ1v) is 8.90. The molecule has 0 saturated heterocycles. The van der Waals surface area contributed by atoms with Crippen molar-refractivity contribution in [2.24, 2.45) is 4.99 Å². The molecule has 1 aliphatic rings. The van der Waals surface area contributed by atoms with Crippen LogP contribution in [0.4, 0.5) is 13.2 Å². The van der Waals surface area contributed by atoms with Crippen molar-refractivity contribution < 1.29 is 22.8 Å². The van der Waals surface area contributed by atoms with Gasteiger partial charge in [0.2, 0.25) is 0 Å². The van der Waals surface area contributed by atoms with Gasteiger partial charge in [-0.15, -0.1) is 0 Å². The first-order chi connectivity index (χ1) is 13.4. The lowest BCUT2D eigenvalue weighted by atomic mass is 9.86. The molecule has 5 nitrogen and oxygen atoms in total. The summed E-state index contributed by atoms with van der Waals surface area (Å²) in [6.45, 7) is 5.93. The van der Waals surface area contributed by atoms with Crippen molar-refractivity contribution in [2.75, 3.05) is 0 Å². The Morgan fingerprint density at radius 1 is 1.00 bits per heavy atom. The predicted molar refractivity (Wildman–Crippen MR) is 103 cm³/mol. The zero-order valence-electron chi connectivity index (χ0n) is 16.1. The number of hydrogen-bond acceptors (Lipinski definition) is 3. The lowest BCUT2D eigenvalue weighted by molar-refractivity contribution is -0.192. The van der Waals surface area contributed by atoms with E-state index in [2.05, 4.69) is 10.3 Å². The largest absolute Gasteiger partial charge is 0.442 e. The minimum absolute atomic E-state index is 0.00205. The molecule has 29 heavy (non-hydrogen) atoms. The van der Waals surface area contributed by atoms with Gasteiger partial charge in [-0.3, -0.25) is 9.59 Å². The van der Waals surface area contributed by atoms with Gasteiger partial charge in [-0.25, -0.2) is 4.99 Å². The van der Waals surface area contributed by atoms with Crippen molar-refractivity contribution in [1.29, 1.82) is 0 Å². The quantitative estimate of drug-likeness (QED) is 0.823. The number of benzene rings is 2. The molecule has 8 heteroatoms. The summed E-state index contributed by atoms with van der Waals surface area (Å²) in [5.41, 5.74) is -2.35. The molecule has 0 spiro atoms. The maximum absolute atomic E-state index is 13.9. The Kier molecular flexibility index (Phi) is 4.98. The molecule has 2 aromatic carbocycles. The fourth-order valence-corrected chi connectivity index (χ4v) is 2.88. The summed E-state index contributed by atoms with van der Waals surface area (Å²) in [5, 5.41) is 3.92. The number of hydrogen-bond donors (Lipinski definition) is 2. The second-order valence-corrected chi connectivity index (χ2v) is 7.77. The van der Waals surface area contributed by atoms with Crippen molar-refractivity contribution in [3.8, 4) is 0 Å². The minimum Gasteiger partial charge on any atom is -0.312 e. The van der Waals surface area contributed by atoms with Gasteiger partial charge in [0.1, 0.15) is 5.84 Å². The lowest BCUT2D eigenvalue weighted by Gasteiger charge is -2.27. The van der Waals surface area contributed by atoms with Crippen LogP contribution in [0.25, 0.3) is 0 Å². The van der Waals surface area contributed by atoms with E-state index < -0.39 is 23.7 Å². The van der Waals surface area contributed by atoms with E-state index in [-0.39, 0.29) is 16.8 Å². The standard InChI is InChI=1S/C21H20F3N3O2/c1-19(2,3)15-11-9-14(10-12-15)17(28)27-20(21(22,23)24)18(29)25-16(26-20)13-7-5-4-6-8-13/h4-12H,1-3H3,(H,27,28)(H,25,26,29). The van der Waals surface area contributed by atoms with Crippen LogP contribution >= 0.6 is 0 Å². The maximum atomic E-state index is 13.9. The molecule has 2 aromatic rings. The third-order valence-electron chi connectivity index (χ3n) is 4.61. The zero-order valence-corrected chi connectivity index (χ0v) is 16.1. The summed E-state index contributed by atoms with van der Waals surface area (Å²) in [7, 11) is 0. The Morgan fingerprint density at radius 2 is 1.59 bits per heavy atom. The molecule has 1 heterocycles. The van der Waals surface area contributed by atoms with Crippen molar-refractivity contribution in [2.45, 2.75) is 38.0 Å². The highest BCUT2D eigenvalue weighted by Gasteiger charge is 2.65. The van der Waals surface area contributed by atoms with Gasteiger partial charge >= 0.3 is 11.8 Å². The topological polar surface area (TPSA) is 70.6 Å². The number of carbonyl (C=O) groups is 2. The number of amides is 2. The van der Waals surface area contributed by atoms with Crippen LogP contribution in [0, 0.1) is 0 Å². The molecule has 0 bridgehead atoms. The fraction of sp³-hybridized carbons (Fsp3) is 0.286. The molecular weight excluding hydrogens is 383 g/mol. The highest BCUT2D eigenvalue weighted by molar-refractivity contribution is 6.16. The Labute approximate surface area is 166 Å². The zero-order chi connectivity index (χ0) is 21.4. The number of carbonyl (C=O) groups excluding carboxylic acids is 2. The molecule has 1 aliphatic heterocycles. The monoisotopic (exact) mass is 403 g/mol. The fourth-order valence-electron chi connectivity index (χ4n) is 2.88. The van der Waals surface area contributed by atoms with E-state index in [1.54, 1.807) is 35.6 Å². The van der Waals surface area contributed by atoms with E-state index in [0.717, 1.165) is 5.56 Å². The normalized spacial score (nSPS) is 19.5. The van der Waals surface area contributed by atoms with Crippen molar-refractivity contribution in [3.63, 3.8) is 0 Å². The molecule has 0 aromatic heterocycles. The summed E-state index contributed by atoms with van der Waals surface area (Å²) in [6.07, 6.45) is -5.13. The molecule has 2 N–H and O–H groups in total. The summed E-state index contributed by atoms with van der Waals surface area (Å²) in [4.78, 5) is 28.4. The van der Waals surface area contributed by atoms with Crippen LogP contribution in [-0.2, 0) is 10.2 Å². The Morgan fingerprint density at radius 3 is 2.10 bits per heavy atom. The van der Waals surface area contributed by atoms with E-state index >= 15 is 0 Å². The molecular formula is C21H20F3N3O2. The SMILES string of the molecule is CC(C)(C)c1ccc(C(=O)NC2(C(F)(F)F)N=C(c3ccccc3)NC2=O)cc1. The number of nitrogens with one attached hydrogen (secondary N) is 2. The van der Waals surface area contributed by atoms with Crippen LogP contribution in [0.5, 0.6) is 0 Å². The van der Waals surface area contributed by atoms with E-state index in [0.29, 0.717) is 5.56 Å². The van der Waals surface area contributed by atoms with Crippen LogP contribution in [0.1, 0.15) is 42.3 Å². The van der Waals surface area contributed by atoms with Gasteiger partial charge in [-0.2, -0.15) is 13.2 Å². The average Bonchev–Trinajstić information content (AvgIpc) is 2.99. The smallest absolute Gasteiger partial charge is 0.312 e. The maximum Gasteiger partial charge on any atom is 0.442 e. The first kappa shape index (κ1) is 20.6. The molecule has 0 aliphatic carbocycles. The van der Waals surface area contributed by atoms with Gasteiger partial charge in [-0.1, -0.05) is 63.2 Å². The third kappa shape index (κ3) is 3.87. The predicted octanol–water partition coefficient (Wildman–Crippen LogP) is 3.55. The van der Waals surface area contributed by atoms with Gasteiger partial charge in [0, 0.05) is 11.1 Å². The van der Waals surface area contributed by atoms with Gasteiger partial charge in [0.25, 0.3) is 11.8 Å². The second kappa shape index (κ2) is 7.02. The van der Waals surface area contributed by atoms with Gasteiger partial charge in [0.15, 0.2) is 0 Å². The average molecular weight is 403 g/mol. The second-order valence-electron chi connectivity index (χ2n) is 7.77. The van der Waals surface area contributed by atoms with E-state index in [9.17, 15) is 22.8 Å². The Hall–Kier alpha value is -3.16. The van der Waals surface area contributed by atoms with Crippen LogP contribution < -0.4 is 10.6 Å². The van der Waals surface area contributed by atoms with Crippen LogP contribution in [-0.4, -0.2) is 29.5 Å². The summed E-state index contributed by atoms with van der Waals surface area (Å²) >= 11 is 0. The van der Waals surface area contributed by atoms with Crippen LogP contribution in [0.2, 0.25) is 0 Å². The molecule has 2 amide bonds. The van der Waals surface area contributed by atoms with Gasteiger partial charge in [-0.05, 0) is 23.1 Å². The lowest BCUT2D eigenvalue weighted by Crippen LogP contribution is -2.63. The van der Waals surface area contributed by atoms with Crippen molar-refractivity contribution in [1.82, 2.24) is 10.6 Å². The molecule has 3 rings (SSSR count). The molecule has 0 saturated carbocycles. The highest BCUT2D eigenvalue weighted by Crippen LogP contribution is 2.35. The number of amidine groups is 1. The number of rotatable bonds is 3. The highest BCUT2D eigenvalue weighted by atomic mass is 19.4. The van der Waals surface area contributed by atoms with Crippen LogP contribution in [0.3, 0.4) is 0 Å². The number of alkyl halides is 3. The molecule has 0 fully saturated rings. The molecule has 152 valence electrons. The number of nitrogens with zero attached hydrogens (tertiary/aromatic N) is 1.